The van der Waals surface area contributed by atoms with Crippen LogP contribution in [-0.4, -0.2) is 25.0 Å². The van der Waals surface area contributed by atoms with Gasteiger partial charge in [0.05, 0.1) is 17.9 Å². The molecule has 1 aliphatic heterocycles. The summed E-state index contributed by atoms with van der Waals surface area (Å²) in [5.74, 6) is -0.333. The monoisotopic (exact) mass is 284 g/mol. The maximum atomic E-state index is 12.2. The van der Waals surface area contributed by atoms with Gasteiger partial charge in [-0.1, -0.05) is 32.3 Å². The quantitative estimate of drug-likeness (QED) is 0.574. The summed E-state index contributed by atoms with van der Waals surface area (Å²) < 4.78 is 5.33. The van der Waals surface area contributed by atoms with E-state index >= 15 is 0 Å². The Bertz CT molecular complexity index is 574. The largest absolute Gasteiger partial charge is 0.462 e. The second-order valence-electron chi connectivity index (χ2n) is 4.81. The lowest BCUT2D eigenvalue weighted by molar-refractivity contribution is 0.0499. The SMILES string of the molecule is CCCCCCOC(=O)c1cccc2c1N=CC=CC=N2. The van der Waals surface area contributed by atoms with Gasteiger partial charge in [0.25, 0.3) is 0 Å². The van der Waals surface area contributed by atoms with Gasteiger partial charge in [-0.2, -0.15) is 0 Å². The lowest BCUT2D eigenvalue weighted by atomic mass is 10.1. The summed E-state index contributed by atoms with van der Waals surface area (Å²) in [7, 11) is 0. The first-order valence-corrected chi connectivity index (χ1v) is 7.36. The zero-order valence-electron chi connectivity index (χ0n) is 12.3. The van der Waals surface area contributed by atoms with Crippen LogP contribution in [0.15, 0.2) is 40.3 Å². The van der Waals surface area contributed by atoms with Gasteiger partial charge in [0.2, 0.25) is 0 Å². The average Bonchev–Trinajstić information content (AvgIpc) is 2.47. The molecule has 2 rings (SSSR count). The number of benzene rings is 1. The summed E-state index contributed by atoms with van der Waals surface area (Å²) in [6.07, 6.45) is 11.2. The van der Waals surface area contributed by atoms with Crippen molar-refractivity contribution in [3.05, 3.63) is 35.9 Å². The van der Waals surface area contributed by atoms with Gasteiger partial charge in [-0.05, 0) is 30.7 Å². The number of rotatable bonds is 6. The highest BCUT2D eigenvalue weighted by molar-refractivity contribution is 6.00. The Hall–Kier alpha value is -2.23. The number of carbonyl (C=O) groups excluding carboxylic acids is 1. The number of allylic oxidation sites excluding steroid dienone is 2. The molecule has 1 aromatic rings. The van der Waals surface area contributed by atoms with Gasteiger partial charge < -0.3 is 4.74 Å². The van der Waals surface area contributed by atoms with Crippen molar-refractivity contribution >= 4 is 29.8 Å². The molecule has 21 heavy (non-hydrogen) atoms. The maximum absolute atomic E-state index is 12.2. The van der Waals surface area contributed by atoms with Crippen LogP contribution in [0.5, 0.6) is 0 Å². The zero-order chi connectivity index (χ0) is 14.9. The third-order valence-electron chi connectivity index (χ3n) is 3.17. The molecule has 0 aromatic heterocycles. The molecule has 0 atom stereocenters. The van der Waals surface area contributed by atoms with E-state index in [0.717, 1.165) is 12.8 Å². The van der Waals surface area contributed by atoms with Gasteiger partial charge in [0.1, 0.15) is 5.69 Å². The number of fused-ring (bicyclic) bond motifs is 1. The Kier molecular flexibility index (Phi) is 5.88. The Labute approximate surface area is 125 Å². The molecule has 0 saturated heterocycles. The second-order valence-corrected chi connectivity index (χ2v) is 4.81. The van der Waals surface area contributed by atoms with Gasteiger partial charge in [-0.3, -0.25) is 9.98 Å². The molecular weight excluding hydrogens is 264 g/mol. The topological polar surface area (TPSA) is 51.0 Å². The van der Waals surface area contributed by atoms with E-state index < -0.39 is 0 Å². The highest BCUT2D eigenvalue weighted by Crippen LogP contribution is 2.32. The Morgan fingerprint density at radius 1 is 1.10 bits per heavy atom. The molecule has 4 nitrogen and oxygen atoms in total. The summed E-state index contributed by atoms with van der Waals surface area (Å²) in [5.41, 5.74) is 1.71. The molecule has 110 valence electrons. The van der Waals surface area contributed by atoms with Crippen molar-refractivity contribution in [1.29, 1.82) is 0 Å². The normalized spacial score (nSPS) is 12.6. The highest BCUT2D eigenvalue weighted by Gasteiger charge is 2.15. The van der Waals surface area contributed by atoms with Crippen LogP contribution in [0.25, 0.3) is 0 Å². The number of aliphatic imine (C=N–C) groups is 2. The number of ether oxygens (including phenoxy) is 1. The molecule has 0 fully saturated rings. The average molecular weight is 284 g/mol. The van der Waals surface area contributed by atoms with Crippen LogP contribution in [0, 0.1) is 0 Å². The molecule has 1 aromatic carbocycles. The third-order valence-corrected chi connectivity index (χ3v) is 3.17. The minimum absolute atomic E-state index is 0.333. The minimum Gasteiger partial charge on any atom is -0.462 e. The van der Waals surface area contributed by atoms with Gasteiger partial charge in [-0.15, -0.1) is 0 Å². The summed E-state index contributed by atoms with van der Waals surface area (Å²) in [6, 6.07) is 5.36. The first-order chi connectivity index (χ1) is 10.3. The minimum atomic E-state index is -0.333. The van der Waals surface area contributed by atoms with E-state index in [1.807, 2.05) is 6.07 Å². The fraction of sp³-hybridized carbons (Fsp3) is 0.353. The maximum Gasteiger partial charge on any atom is 0.340 e. The molecule has 0 radical (unpaired) electrons. The zero-order valence-corrected chi connectivity index (χ0v) is 12.3. The van der Waals surface area contributed by atoms with Crippen LogP contribution in [0.3, 0.4) is 0 Å². The van der Waals surface area contributed by atoms with Crippen LogP contribution in [-0.2, 0) is 4.74 Å². The molecule has 0 aliphatic carbocycles. The second kappa shape index (κ2) is 8.15. The Morgan fingerprint density at radius 2 is 1.90 bits per heavy atom. The number of hydrogen-bond acceptors (Lipinski definition) is 4. The van der Waals surface area contributed by atoms with Gasteiger partial charge in [0, 0.05) is 12.4 Å². The number of esters is 1. The summed E-state index contributed by atoms with van der Waals surface area (Å²) in [6.45, 7) is 2.61. The van der Waals surface area contributed by atoms with E-state index in [4.69, 9.17) is 4.74 Å². The summed E-state index contributed by atoms with van der Waals surface area (Å²) >= 11 is 0. The molecule has 0 amide bonds. The summed E-state index contributed by atoms with van der Waals surface area (Å²) in [5, 5.41) is 0. The first kappa shape index (κ1) is 15.2. The van der Waals surface area contributed by atoms with E-state index in [1.54, 1.807) is 36.7 Å². The van der Waals surface area contributed by atoms with Crippen LogP contribution in [0.2, 0.25) is 0 Å². The fourth-order valence-corrected chi connectivity index (χ4v) is 2.05. The van der Waals surface area contributed by atoms with E-state index in [9.17, 15) is 4.79 Å². The standard InChI is InChI=1S/C17H20N2O2/c1-2-3-4-7-13-21-17(20)14-9-8-10-15-16(14)19-12-6-5-11-18-15/h5-6,8-12H,2-4,7,13H2,1H3. The van der Waals surface area contributed by atoms with Crippen molar-refractivity contribution in [3.8, 4) is 0 Å². The molecule has 0 spiro atoms. The van der Waals surface area contributed by atoms with E-state index in [2.05, 4.69) is 16.9 Å². The lowest BCUT2D eigenvalue weighted by Gasteiger charge is -2.09. The number of para-hydroxylation sites is 1. The number of unbranched alkanes of at least 4 members (excludes halogenated alkanes) is 3. The van der Waals surface area contributed by atoms with Crippen LogP contribution in [0.1, 0.15) is 43.0 Å². The molecule has 4 heteroatoms. The van der Waals surface area contributed by atoms with Gasteiger partial charge in [-0.25, -0.2) is 4.79 Å². The van der Waals surface area contributed by atoms with Crippen LogP contribution in [0.4, 0.5) is 11.4 Å². The molecule has 0 N–H and O–H groups in total. The Balaban J connectivity index is 2.06. The van der Waals surface area contributed by atoms with Crippen molar-refractivity contribution in [2.45, 2.75) is 32.6 Å². The molecule has 1 aliphatic rings. The van der Waals surface area contributed by atoms with Gasteiger partial charge >= 0.3 is 5.97 Å². The Morgan fingerprint density at radius 3 is 2.71 bits per heavy atom. The van der Waals surface area contributed by atoms with E-state index in [0.29, 0.717) is 23.5 Å². The van der Waals surface area contributed by atoms with Gasteiger partial charge in [0.15, 0.2) is 0 Å². The third kappa shape index (κ3) is 4.38. The highest BCUT2D eigenvalue weighted by atomic mass is 16.5. The van der Waals surface area contributed by atoms with Crippen LogP contribution < -0.4 is 0 Å². The van der Waals surface area contributed by atoms with Crippen molar-refractivity contribution in [3.63, 3.8) is 0 Å². The molecule has 0 saturated carbocycles. The van der Waals surface area contributed by atoms with E-state index in [-0.39, 0.29) is 5.97 Å². The van der Waals surface area contributed by atoms with E-state index in [1.165, 1.54) is 12.8 Å². The molecular formula is C17H20N2O2. The van der Waals surface area contributed by atoms with Crippen molar-refractivity contribution in [1.82, 2.24) is 0 Å². The number of carbonyl (C=O) groups is 1. The van der Waals surface area contributed by atoms with Crippen LogP contribution >= 0.6 is 0 Å². The first-order valence-electron chi connectivity index (χ1n) is 7.36. The number of hydrogen-bond donors (Lipinski definition) is 0. The fourth-order valence-electron chi connectivity index (χ4n) is 2.05. The molecule has 1 heterocycles. The predicted octanol–water partition coefficient (Wildman–Crippen LogP) is 4.40. The predicted molar refractivity (Wildman–Crippen MR) is 86.3 cm³/mol. The van der Waals surface area contributed by atoms with Crippen molar-refractivity contribution in [2.24, 2.45) is 9.98 Å². The van der Waals surface area contributed by atoms with Crippen molar-refractivity contribution < 1.29 is 9.53 Å². The van der Waals surface area contributed by atoms with Crippen molar-refractivity contribution in [2.75, 3.05) is 6.61 Å². The lowest BCUT2D eigenvalue weighted by Crippen LogP contribution is -2.07. The molecule has 0 unspecified atom stereocenters. The number of nitrogens with zero attached hydrogens (tertiary/aromatic N) is 2. The smallest absolute Gasteiger partial charge is 0.340 e. The summed E-state index contributed by atoms with van der Waals surface area (Å²) in [4.78, 5) is 20.8. The molecule has 0 bridgehead atoms.